The van der Waals surface area contributed by atoms with Gasteiger partial charge in [-0.1, -0.05) is 29.8 Å². The van der Waals surface area contributed by atoms with E-state index in [9.17, 15) is 10.1 Å². The van der Waals surface area contributed by atoms with Gasteiger partial charge >= 0.3 is 5.00 Å². The average Bonchev–Trinajstić information content (AvgIpc) is 2.98. The molecular weight excluding hydrogens is 256 g/mol. The Bertz CT molecular complexity index is 551. The topological polar surface area (TPSA) is 108 Å². The van der Waals surface area contributed by atoms with Crippen molar-refractivity contribution in [2.75, 3.05) is 0 Å². The first-order valence-electron chi connectivity index (χ1n) is 5.45. The molecule has 0 aliphatic rings. The van der Waals surface area contributed by atoms with Crippen molar-refractivity contribution in [1.29, 1.82) is 0 Å². The summed E-state index contributed by atoms with van der Waals surface area (Å²) in [6.45, 7) is 2.02. The zero-order chi connectivity index (χ0) is 13.1. The molecule has 18 heavy (non-hydrogen) atoms. The molecule has 0 radical (unpaired) electrons. The Morgan fingerprint density at radius 1 is 1.61 bits per heavy atom. The molecule has 0 aromatic carbocycles. The Balaban J connectivity index is 2.20. The van der Waals surface area contributed by atoms with Gasteiger partial charge in [-0.2, -0.15) is 4.98 Å². The van der Waals surface area contributed by atoms with E-state index in [0.717, 1.165) is 24.2 Å². The molecule has 8 heteroatoms. The molecule has 0 fully saturated rings. The van der Waals surface area contributed by atoms with Gasteiger partial charge in [-0.05, 0) is 12.5 Å². The van der Waals surface area contributed by atoms with E-state index in [1.807, 2.05) is 6.92 Å². The molecule has 0 bridgehead atoms. The van der Waals surface area contributed by atoms with E-state index in [0.29, 0.717) is 10.7 Å². The number of hydrogen-bond donors (Lipinski definition) is 1. The van der Waals surface area contributed by atoms with Crippen molar-refractivity contribution in [3.63, 3.8) is 0 Å². The van der Waals surface area contributed by atoms with Crippen molar-refractivity contribution >= 4 is 16.3 Å². The second-order valence-electron chi connectivity index (χ2n) is 3.75. The van der Waals surface area contributed by atoms with E-state index < -0.39 is 4.92 Å². The van der Waals surface area contributed by atoms with Crippen LogP contribution in [0.4, 0.5) is 5.00 Å². The van der Waals surface area contributed by atoms with Crippen LogP contribution < -0.4 is 5.73 Å². The van der Waals surface area contributed by atoms with Crippen LogP contribution in [-0.2, 0) is 0 Å². The lowest BCUT2D eigenvalue weighted by atomic mass is 10.2. The van der Waals surface area contributed by atoms with Gasteiger partial charge in [0, 0.05) is 6.07 Å². The highest BCUT2D eigenvalue weighted by molar-refractivity contribution is 7.18. The second-order valence-corrected chi connectivity index (χ2v) is 4.81. The lowest BCUT2D eigenvalue weighted by molar-refractivity contribution is -0.380. The Kier molecular flexibility index (Phi) is 3.68. The van der Waals surface area contributed by atoms with Crippen molar-refractivity contribution in [2.24, 2.45) is 5.73 Å². The molecule has 7 nitrogen and oxygen atoms in total. The van der Waals surface area contributed by atoms with E-state index >= 15 is 0 Å². The number of nitrogens with zero attached hydrogens (tertiary/aromatic N) is 3. The molecular formula is C10H12N4O3S. The van der Waals surface area contributed by atoms with Crippen molar-refractivity contribution in [2.45, 2.75) is 25.8 Å². The monoisotopic (exact) mass is 268 g/mol. The summed E-state index contributed by atoms with van der Waals surface area (Å²) < 4.78 is 5.06. The molecule has 96 valence electrons. The van der Waals surface area contributed by atoms with Crippen LogP contribution in [0.3, 0.4) is 0 Å². The van der Waals surface area contributed by atoms with Crippen LogP contribution >= 0.6 is 11.3 Å². The first kappa shape index (κ1) is 12.7. The Morgan fingerprint density at radius 2 is 2.39 bits per heavy atom. The number of rotatable bonds is 5. The van der Waals surface area contributed by atoms with E-state index in [-0.39, 0.29) is 16.9 Å². The van der Waals surface area contributed by atoms with Gasteiger partial charge in [0.2, 0.25) is 0 Å². The Hall–Kier alpha value is -1.80. The van der Waals surface area contributed by atoms with Gasteiger partial charge in [0.1, 0.15) is 0 Å². The molecule has 2 aromatic heterocycles. The molecule has 0 saturated heterocycles. The third kappa shape index (κ3) is 2.54. The van der Waals surface area contributed by atoms with Crippen LogP contribution in [0.5, 0.6) is 0 Å². The van der Waals surface area contributed by atoms with Crippen LogP contribution in [0.1, 0.15) is 31.6 Å². The van der Waals surface area contributed by atoms with E-state index in [2.05, 4.69) is 10.1 Å². The first-order valence-corrected chi connectivity index (χ1v) is 6.27. The number of nitrogens with two attached hydrogens (primary N) is 1. The molecule has 0 amide bonds. The van der Waals surface area contributed by atoms with Crippen molar-refractivity contribution in [3.8, 4) is 10.8 Å². The van der Waals surface area contributed by atoms with Crippen molar-refractivity contribution in [1.82, 2.24) is 10.1 Å². The van der Waals surface area contributed by atoms with Gasteiger partial charge in [-0.15, -0.1) is 0 Å². The maximum absolute atomic E-state index is 10.6. The molecule has 2 N–H and O–H groups in total. The summed E-state index contributed by atoms with van der Waals surface area (Å²) in [6, 6.07) is 2.74. The van der Waals surface area contributed by atoms with Crippen LogP contribution in [0.15, 0.2) is 16.7 Å². The normalized spacial score (nSPS) is 12.6. The summed E-state index contributed by atoms with van der Waals surface area (Å²) in [5.74, 6) is 0.706. The zero-order valence-corrected chi connectivity index (χ0v) is 10.5. The Labute approximate surface area is 107 Å². The average molecular weight is 268 g/mol. The van der Waals surface area contributed by atoms with E-state index in [4.69, 9.17) is 10.3 Å². The maximum Gasteiger partial charge on any atom is 0.324 e. The summed E-state index contributed by atoms with van der Waals surface area (Å²) in [5, 5.41) is 14.4. The molecule has 0 saturated carbocycles. The fourth-order valence-electron chi connectivity index (χ4n) is 1.47. The lowest BCUT2D eigenvalue weighted by Gasteiger charge is -2.02. The number of hydrogen-bond acceptors (Lipinski definition) is 7. The number of thiophene rings is 1. The molecule has 2 heterocycles. The highest BCUT2D eigenvalue weighted by atomic mass is 32.1. The summed E-state index contributed by atoms with van der Waals surface area (Å²) in [6.07, 6.45) is 1.69. The zero-order valence-electron chi connectivity index (χ0n) is 9.70. The summed E-state index contributed by atoms with van der Waals surface area (Å²) in [4.78, 5) is 14.9. The standard InChI is InChI=1S/C10H12N4O3S/c1-2-3-6(11)9-12-10(17-13-9)7-4-5-8(18-7)14(15)16/h4-6H,2-3,11H2,1H3. The minimum absolute atomic E-state index is 0.0441. The summed E-state index contributed by atoms with van der Waals surface area (Å²) in [7, 11) is 0. The molecule has 0 aliphatic heterocycles. The van der Waals surface area contributed by atoms with Gasteiger partial charge in [-0.3, -0.25) is 10.1 Å². The van der Waals surface area contributed by atoms with Crippen molar-refractivity contribution < 1.29 is 9.45 Å². The second kappa shape index (κ2) is 5.23. The summed E-state index contributed by atoms with van der Waals surface area (Å²) >= 11 is 0.996. The third-order valence-corrected chi connectivity index (χ3v) is 3.38. The van der Waals surface area contributed by atoms with E-state index in [1.54, 1.807) is 6.07 Å². The maximum atomic E-state index is 10.6. The predicted molar refractivity (Wildman–Crippen MR) is 66.1 cm³/mol. The highest BCUT2D eigenvalue weighted by Gasteiger charge is 2.18. The predicted octanol–water partition coefficient (Wildman–Crippen LogP) is 2.51. The van der Waals surface area contributed by atoms with Gasteiger partial charge in [-0.25, -0.2) is 0 Å². The Morgan fingerprint density at radius 3 is 3.00 bits per heavy atom. The third-order valence-electron chi connectivity index (χ3n) is 2.36. The smallest absolute Gasteiger partial charge is 0.324 e. The quantitative estimate of drug-likeness (QED) is 0.659. The fourth-order valence-corrected chi connectivity index (χ4v) is 2.21. The van der Waals surface area contributed by atoms with Crippen LogP contribution in [0.25, 0.3) is 10.8 Å². The molecule has 1 unspecified atom stereocenters. The molecule has 2 aromatic rings. The molecule has 1 atom stereocenters. The van der Waals surface area contributed by atoms with Gasteiger partial charge in [0.05, 0.1) is 15.8 Å². The highest BCUT2D eigenvalue weighted by Crippen LogP contribution is 2.32. The fraction of sp³-hybridized carbons (Fsp3) is 0.400. The van der Waals surface area contributed by atoms with Gasteiger partial charge in [0.25, 0.3) is 5.89 Å². The van der Waals surface area contributed by atoms with Gasteiger partial charge < -0.3 is 10.3 Å². The van der Waals surface area contributed by atoms with Crippen LogP contribution in [-0.4, -0.2) is 15.1 Å². The van der Waals surface area contributed by atoms with Gasteiger partial charge in [0.15, 0.2) is 5.82 Å². The number of nitro groups is 1. The lowest BCUT2D eigenvalue weighted by Crippen LogP contribution is -2.11. The minimum Gasteiger partial charge on any atom is -0.333 e. The van der Waals surface area contributed by atoms with Crippen molar-refractivity contribution in [3.05, 3.63) is 28.1 Å². The first-order chi connectivity index (χ1) is 8.61. The number of aromatic nitrogens is 2. The minimum atomic E-state index is -0.450. The van der Waals surface area contributed by atoms with E-state index in [1.165, 1.54) is 6.07 Å². The largest absolute Gasteiger partial charge is 0.333 e. The van der Waals surface area contributed by atoms with Crippen LogP contribution in [0, 0.1) is 10.1 Å². The molecule has 0 spiro atoms. The summed E-state index contributed by atoms with van der Waals surface area (Å²) in [5.41, 5.74) is 5.86. The van der Waals surface area contributed by atoms with Crippen LogP contribution in [0.2, 0.25) is 0 Å². The molecule has 0 aliphatic carbocycles. The SMILES string of the molecule is CCCC(N)c1noc(-c2ccc([N+](=O)[O-])s2)n1. The molecule has 2 rings (SSSR count).